The number of hydrogen-bond acceptors (Lipinski definition) is 4. The van der Waals surface area contributed by atoms with E-state index in [1.54, 1.807) is 24.3 Å². The third kappa shape index (κ3) is 5.79. The van der Waals surface area contributed by atoms with E-state index in [-0.39, 0.29) is 11.8 Å². The molecule has 32 heavy (non-hydrogen) atoms. The van der Waals surface area contributed by atoms with Gasteiger partial charge in [-0.3, -0.25) is 9.59 Å². The molecule has 0 saturated heterocycles. The first kappa shape index (κ1) is 22.1. The summed E-state index contributed by atoms with van der Waals surface area (Å²) in [6.45, 7) is 0. The topological polar surface area (TPSA) is 58.2 Å². The molecule has 1 atom stereocenters. The molecule has 4 aromatic rings. The number of thiophene rings is 1. The Morgan fingerprint density at radius 3 is 2.28 bits per heavy atom. The van der Waals surface area contributed by atoms with Crippen LogP contribution in [0.2, 0.25) is 5.02 Å². The SMILES string of the molecule is O=C(Nc1ccc(SC(C(=O)Nc2cccc(Cl)c2)c2ccccc2)cc1)c1cccs1. The van der Waals surface area contributed by atoms with Crippen molar-refractivity contribution in [1.82, 2.24) is 0 Å². The van der Waals surface area contributed by atoms with Crippen LogP contribution in [-0.2, 0) is 4.79 Å². The van der Waals surface area contributed by atoms with Crippen molar-refractivity contribution in [3.8, 4) is 0 Å². The van der Waals surface area contributed by atoms with Crippen molar-refractivity contribution in [3.05, 3.63) is 112 Å². The Kier molecular flexibility index (Phi) is 7.27. The molecule has 0 aliphatic carbocycles. The fourth-order valence-electron chi connectivity index (χ4n) is 3.03. The molecular weight excluding hydrogens is 460 g/mol. The summed E-state index contributed by atoms with van der Waals surface area (Å²) in [4.78, 5) is 27.0. The van der Waals surface area contributed by atoms with Gasteiger partial charge in [-0.25, -0.2) is 0 Å². The van der Waals surface area contributed by atoms with Crippen molar-refractivity contribution >= 4 is 57.9 Å². The number of rotatable bonds is 7. The summed E-state index contributed by atoms with van der Waals surface area (Å²) in [5, 5.41) is 7.82. The maximum atomic E-state index is 13.1. The van der Waals surface area contributed by atoms with E-state index >= 15 is 0 Å². The van der Waals surface area contributed by atoms with Crippen molar-refractivity contribution in [3.63, 3.8) is 0 Å². The largest absolute Gasteiger partial charge is 0.325 e. The van der Waals surface area contributed by atoms with Crippen LogP contribution >= 0.6 is 34.7 Å². The molecule has 2 amide bonds. The average Bonchev–Trinajstić information content (AvgIpc) is 3.34. The Morgan fingerprint density at radius 1 is 0.812 bits per heavy atom. The number of halogens is 1. The van der Waals surface area contributed by atoms with Crippen molar-refractivity contribution in [2.24, 2.45) is 0 Å². The van der Waals surface area contributed by atoms with Crippen LogP contribution in [0.15, 0.2) is 101 Å². The monoisotopic (exact) mass is 478 g/mol. The number of carbonyl (C=O) groups excluding carboxylic acids is 2. The van der Waals surface area contributed by atoms with E-state index in [0.717, 1.165) is 10.5 Å². The van der Waals surface area contributed by atoms with Crippen molar-refractivity contribution in [2.75, 3.05) is 10.6 Å². The Balaban J connectivity index is 1.49. The van der Waals surface area contributed by atoms with Crippen molar-refractivity contribution in [1.29, 1.82) is 0 Å². The highest BCUT2D eigenvalue weighted by Crippen LogP contribution is 2.37. The number of carbonyl (C=O) groups is 2. The van der Waals surface area contributed by atoms with Crippen LogP contribution in [0.1, 0.15) is 20.5 Å². The standard InChI is InChI=1S/C25H19ClN2O2S2/c26-18-8-4-9-20(16-18)28-25(30)23(17-6-2-1-3-7-17)32-21-13-11-19(12-14-21)27-24(29)22-10-5-15-31-22/h1-16,23H,(H,27,29)(H,28,30). The summed E-state index contributed by atoms with van der Waals surface area (Å²) in [6.07, 6.45) is 0. The Bertz CT molecular complexity index is 1200. The van der Waals surface area contributed by atoms with E-state index in [2.05, 4.69) is 10.6 Å². The minimum Gasteiger partial charge on any atom is -0.325 e. The van der Waals surface area contributed by atoms with E-state index in [1.807, 2.05) is 72.1 Å². The molecule has 7 heteroatoms. The molecular formula is C25H19ClN2O2S2. The molecule has 0 fully saturated rings. The van der Waals surface area contributed by atoms with Gasteiger partial charge >= 0.3 is 0 Å². The number of amides is 2. The molecule has 0 radical (unpaired) electrons. The van der Waals surface area contributed by atoms with Crippen LogP contribution in [0.5, 0.6) is 0 Å². The molecule has 0 spiro atoms. The van der Waals surface area contributed by atoms with Gasteiger partial charge in [-0.2, -0.15) is 0 Å². The van der Waals surface area contributed by atoms with E-state index in [0.29, 0.717) is 21.3 Å². The fourth-order valence-corrected chi connectivity index (χ4v) is 4.86. The summed E-state index contributed by atoms with van der Waals surface area (Å²) < 4.78 is 0. The second-order valence-corrected chi connectivity index (χ2v) is 9.43. The zero-order valence-electron chi connectivity index (χ0n) is 16.8. The summed E-state index contributed by atoms with van der Waals surface area (Å²) in [5.41, 5.74) is 2.25. The highest BCUT2D eigenvalue weighted by atomic mass is 35.5. The molecule has 1 aromatic heterocycles. The normalized spacial score (nSPS) is 11.5. The first-order valence-electron chi connectivity index (χ1n) is 9.81. The van der Waals surface area contributed by atoms with Crippen LogP contribution in [0.25, 0.3) is 0 Å². The highest BCUT2D eigenvalue weighted by Gasteiger charge is 2.22. The van der Waals surface area contributed by atoms with Gasteiger partial charge in [0.1, 0.15) is 5.25 Å². The predicted octanol–water partition coefficient (Wildman–Crippen LogP) is 7.13. The minimum absolute atomic E-state index is 0.136. The molecule has 0 aliphatic rings. The molecule has 3 aromatic carbocycles. The van der Waals surface area contributed by atoms with E-state index in [1.165, 1.54) is 23.1 Å². The quantitative estimate of drug-likeness (QED) is 0.278. The number of benzene rings is 3. The Morgan fingerprint density at radius 2 is 1.59 bits per heavy atom. The summed E-state index contributed by atoms with van der Waals surface area (Å²) >= 11 is 8.89. The van der Waals surface area contributed by atoms with Gasteiger partial charge < -0.3 is 10.6 Å². The minimum atomic E-state index is -0.457. The molecule has 0 saturated carbocycles. The van der Waals surface area contributed by atoms with E-state index in [9.17, 15) is 9.59 Å². The molecule has 0 bridgehead atoms. The van der Waals surface area contributed by atoms with Gasteiger partial charge in [0.25, 0.3) is 5.91 Å². The van der Waals surface area contributed by atoms with Gasteiger partial charge in [0.15, 0.2) is 0 Å². The van der Waals surface area contributed by atoms with Crippen LogP contribution in [0.3, 0.4) is 0 Å². The molecule has 0 aliphatic heterocycles. The van der Waals surface area contributed by atoms with Gasteiger partial charge in [-0.1, -0.05) is 54.1 Å². The van der Waals surface area contributed by atoms with Gasteiger partial charge in [0.2, 0.25) is 5.91 Å². The number of nitrogens with one attached hydrogen (secondary N) is 2. The highest BCUT2D eigenvalue weighted by molar-refractivity contribution is 8.00. The van der Waals surface area contributed by atoms with Crippen LogP contribution in [0.4, 0.5) is 11.4 Å². The maximum absolute atomic E-state index is 13.1. The second kappa shape index (κ2) is 10.5. The van der Waals surface area contributed by atoms with Crippen LogP contribution < -0.4 is 10.6 Å². The molecule has 4 rings (SSSR count). The average molecular weight is 479 g/mol. The lowest BCUT2D eigenvalue weighted by Gasteiger charge is -2.17. The van der Waals surface area contributed by atoms with Gasteiger partial charge in [0.05, 0.1) is 4.88 Å². The predicted molar refractivity (Wildman–Crippen MR) is 134 cm³/mol. The third-order valence-corrected chi connectivity index (χ3v) is 6.91. The first-order valence-corrected chi connectivity index (χ1v) is 12.0. The molecule has 2 N–H and O–H groups in total. The van der Waals surface area contributed by atoms with Crippen LogP contribution in [-0.4, -0.2) is 11.8 Å². The van der Waals surface area contributed by atoms with Gasteiger partial charge in [-0.15, -0.1) is 23.1 Å². The lowest BCUT2D eigenvalue weighted by atomic mass is 10.1. The second-order valence-electron chi connectivity index (χ2n) is 6.86. The molecule has 160 valence electrons. The van der Waals surface area contributed by atoms with Crippen molar-refractivity contribution < 1.29 is 9.59 Å². The van der Waals surface area contributed by atoms with E-state index < -0.39 is 5.25 Å². The lowest BCUT2D eigenvalue weighted by Crippen LogP contribution is -2.19. The molecule has 1 heterocycles. The summed E-state index contributed by atoms with van der Waals surface area (Å²) in [6, 6.07) is 27.8. The van der Waals surface area contributed by atoms with Crippen LogP contribution in [0, 0.1) is 0 Å². The smallest absolute Gasteiger partial charge is 0.265 e. The molecule has 1 unspecified atom stereocenters. The summed E-state index contributed by atoms with van der Waals surface area (Å²) in [5.74, 6) is -0.276. The lowest BCUT2D eigenvalue weighted by molar-refractivity contribution is -0.115. The van der Waals surface area contributed by atoms with Crippen molar-refractivity contribution in [2.45, 2.75) is 10.1 Å². The first-order chi connectivity index (χ1) is 15.6. The number of hydrogen-bond donors (Lipinski definition) is 2. The fraction of sp³-hybridized carbons (Fsp3) is 0.0400. The molecule has 4 nitrogen and oxygen atoms in total. The number of anilines is 2. The van der Waals surface area contributed by atoms with E-state index in [4.69, 9.17) is 11.6 Å². The summed E-state index contributed by atoms with van der Waals surface area (Å²) in [7, 11) is 0. The zero-order valence-corrected chi connectivity index (χ0v) is 19.2. The van der Waals surface area contributed by atoms with Gasteiger partial charge in [-0.05, 0) is 59.5 Å². The zero-order chi connectivity index (χ0) is 22.3. The van der Waals surface area contributed by atoms with Gasteiger partial charge in [0, 0.05) is 21.3 Å². The maximum Gasteiger partial charge on any atom is 0.265 e. The number of thioether (sulfide) groups is 1. The third-order valence-electron chi connectivity index (χ3n) is 4.54. The Hall–Kier alpha value is -3.06. The Labute approximate surface area is 199 Å².